The first-order valence-electron chi connectivity index (χ1n) is 8.54. The van der Waals surface area contributed by atoms with Gasteiger partial charge in [-0.1, -0.05) is 34.1 Å². The quantitative estimate of drug-likeness (QED) is 0.617. The van der Waals surface area contributed by atoms with Crippen LogP contribution in [0.25, 0.3) is 0 Å². The highest BCUT2D eigenvalue weighted by Crippen LogP contribution is 2.31. The van der Waals surface area contributed by atoms with Gasteiger partial charge in [-0.2, -0.15) is 4.31 Å². The van der Waals surface area contributed by atoms with Crippen molar-refractivity contribution in [2.75, 3.05) is 11.9 Å². The number of nitrogens with one attached hydrogen (secondary N) is 1. The molecule has 0 aliphatic carbocycles. The fourth-order valence-electron chi connectivity index (χ4n) is 2.94. The number of benzene rings is 2. The third-order valence-electron chi connectivity index (χ3n) is 4.40. The molecule has 2 heterocycles. The average molecular weight is 478 g/mol. The van der Waals surface area contributed by atoms with Gasteiger partial charge in [-0.25, -0.2) is 13.4 Å². The monoisotopic (exact) mass is 477 g/mol. The summed E-state index contributed by atoms with van der Waals surface area (Å²) in [7, 11) is -3.55. The number of carbonyl (C=O) groups excluding carboxylic acids is 1. The zero-order valence-corrected chi connectivity index (χ0v) is 17.9. The second kappa shape index (κ2) is 7.75. The second-order valence-electron chi connectivity index (χ2n) is 6.25. The van der Waals surface area contributed by atoms with Gasteiger partial charge in [-0.05, 0) is 36.4 Å². The third-order valence-corrected chi connectivity index (χ3v) is 7.79. The van der Waals surface area contributed by atoms with Crippen molar-refractivity contribution >= 4 is 48.3 Å². The van der Waals surface area contributed by atoms with Crippen LogP contribution in [0.1, 0.15) is 20.9 Å². The molecule has 0 fully saturated rings. The van der Waals surface area contributed by atoms with Gasteiger partial charge < -0.3 is 0 Å². The molecule has 1 aliphatic rings. The molecule has 3 aromatic rings. The van der Waals surface area contributed by atoms with Crippen molar-refractivity contribution in [3.05, 3.63) is 75.2 Å². The van der Waals surface area contributed by atoms with Gasteiger partial charge in [0.25, 0.3) is 5.91 Å². The maximum absolute atomic E-state index is 12.8. The largest absolute Gasteiger partial charge is 0.298 e. The van der Waals surface area contributed by atoms with Gasteiger partial charge in [-0.15, -0.1) is 11.3 Å². The molecule has 6 nitrogen and oxygen atoms in total. The first kappa shape index (κ1) is 19.3. The maximum Gasteiger partial charge on any atom is 0.257 e. The van der Waals surface area contributed by atoms with E-state index in [9.17, 15) is 13.2 Å². The minimum absolute atomic E-state index is 0.243. The third kappa shape index (κ3) is 3.88. The first-order valence-corrected chi connectivity index (χ1v) is 11.6. The van der Waals surface area contributed by atoms with Crippen LogP contribution >= 0.6 is 27.3 Å². The van der Waals surface area contributed by atoms with E-state index in [-0.39, 0.29) is 17.3 Å². The number of anilines is 1. The molecule has 9 heteroatoms. The van der Waals surface area contributed by atoms with Crippen LogP contribution in [0.4, 0.5) is 5.13 Å². The summed E-state index contributed by atoms with van der Waals surface area (Å²) in [6.07, 6.45) is 0.520. The molecule has 4 rings (SSSR count). The van der Waals surface area contributed by atoms with Crippen LogP contribution in [0.3, 0.4) is 0 Å². The van der Waals surface area contributed by atoms with Gasteiger partial charge in [0.2, 0.25) is 10.0 Å². The number of rotatable bonds is 4. The molecule has 0 radical (unpaired) electrons. The Hall–Kier alpha value is -2.07. The number of sulfonamides is 1. The van der Waals surface area contributed by atoms with E-state index in [0.29, 0.717) is 23.7 Å². The van der Waals surface area contributed by atoms with E-state index >= 15 is 0 Å². The van der Waals surface area contributed by atoms with E-state index in [1.54, 1.807) is 54.6 Å². The minimum Gasteiger partial charge on any atom is -0.298 e. The number of hydrogen-bond donors (Lipinski definition) is 1. The maximum atomic E-state index is 12.8. The van der Waals surface area contributed by atoms with E-state index < -0.39 is 10.0 Å². The summed E-state index contributed by atoms with van der Waals surface area (Å²) in [6.45, 7) is 0.631. The molecule has 0 bridgehead atoms. The number of amides is 1. The number of thiazole rings is 1. The number of fused-ring (bicyclic) bond motifs is 1. The Bertz CT molecular complexity index is 1110. The van der Waals surface area contributed by atoms with Gasteiger partial charge in [0.15, 0.2) is 5.13 Å². The van der Waals surface area contributed by atoms with Gasteiger partial charge in [0, 0.05) is 27.9 Å². The highest BCUT2D eigenvalue weighted by Gasteiger charge is 2.30. The number of hydrogen-bond acceptors (Lipinski definition) is 5. The van der Waals surface area contributed by atoms with Crippen LogP contribution in [-0.2, 0) is 23.0 Å². The van der Waals surface area contributed by atoms with Crippen LogP contribution < -0.4 is 5.32 Å². The summed E-state index contributed by atoms with van der Waals surface area (Å²) in [4.78, 5) is 18.0. The van der Waals surface area contributed by atoms with E-state index in [0.717, 1.165) is 15.0 Å². The lowest BCUT2D eigenvalue weighted by Crippen LogP contribution is -2.35. The highest BCUT2D eigenvalue weighted by atomic mass is 79.9. The molecule has 1 amide bonds. The van der Waals surface area contributed by atoms with Crippen molar-refractivity contribution in [3.8, 4) is 0 Å². The summed E-state index contributed by atoms with van der Waals surface area (Å²) < 4.78 is 28.0. The summed E-state index contributed by atoms with van der Waals surface area (Å²) >= 11 is 4.66. The summed E-state index contributed by atoms with van der Waals surface area (Å²) in [5, 5.41) is 3.29. The highest BCUT2D eigenvalue weighted by molar-refractivity contribution is 9.10. The van der Waals surface area contributed by atoms with Crippen molar-refractivity contribution in [1.29, 1.82) is 0 Å². The lowest BCUT2D eigenvalue weighted by atomic mass is 10.2. The molecular formula is C19H16BrN3O3S2. The number of carbonyl (C=O) groups is 1. The SMILES string of the molecule is O=C(Nc1nc2c(s1)CN(S(=O)(=O)c1ccccc1)CC2)c1ccc(Br)cc1. The van der Waals surface area contributed by atoms with E-state index in [2.05, 4.69) is 26.2 Å². The van der Waals surface area contributed by atoms with Gasteiger partial charge in [0.1, 0.15) is 0 Å². The topological polar surface area (TPSA) is 79.4 Å². The molecule has 2 aromatic carbocycles. The Morgan fingerprint density at radius 2 is 1.82 bits per heavy atom. The van der Waals surface area contributed by atoms with E-state index in [1.807, 2.05) is 0 Å². The number of nitrogens with zero attached hydrogens (tertiary/aromatic N) is 2. The number of halogens is 1. The van der Waals surface area contributed by atoms with Crippen LogP contribution in [-0.4, -0.2) is 30.2 Å². The van der Waals surface area contributed by atoms with Gasteiger partial charge >= 0.3 is 0 Å². The molecule has 1 aliphatic heterocycles. The summed E-state index contributed by atoms with van der Waals surface area (Å²) in [5.74, 6) is -0.243. The summed E-state index contributed by atoms with van der Waals surface area (Å²) in [6, 6.07) is 15.5. The van der Waals surface area contributed by atoms with Crippen molar-refractivity contribution in [3.63, 3.8) is 0 Å². The van der Waals surface area contributed by atoms with Crippen molar-refractivity contribution < 1.29 is 13.2 Å². The summed E-state index contributed by atoms with van der Waals surface area (Å²) in [5.41, 5.74) is 1.38. The Morgan fingerprint density at radius 3 is 2.54 bits per heavy atom. The molecule has 1 aromatic heterocycles. The molecule has 28 heavy (non-hydrogen) atoms. The molecule has 144 valence electrons. The average Bonchev–Trinajstić information content (AvgIpc) is 3.10. The van der Waals surface area contributed by atoms with E-state index in [4.69, 9.17) is 0 Å². The Kier molecular flexibility index (Phi) is 5.33. The molecule has 0 atom stereocenters. The lowest BCUT2D eigenvalue weighted by molar-refractivity contribution is 0.102. The second-order valence-corrected chi connectivity index (χ2v) is 10.2. The lowest BCUT2D eigenvalue weighted by Gasteiger charge is -2.25. The van der Waals surface area contributed by atoms with Crippen LogP contribution in [0.2, 0.25) is 0 Å². The molecule has 0 spiro atoms. The van der Waals surface area contributed by atoms with Crippen molar-refractivity contribution in [1.82, 2.24) is 9.29 Å². The predicted molar refractivity (Wildman–Crippen MR) is 112 cm³/mol. The fraction of sp³-hybridized carbons (Fsp3) is 0.158. The van der Waals surface area contributed by atoms with Gasteiger partial charge in [-0.3, -0.25) is 10.1 Å². The van der Waals surface area contributed by atoms with Crippen LogP contribution in [0.15, 0.2) is 64.0 Å². The molecule has 0 saturated heterocycles. The normalized spacial score (nSPS) is 14.5. The van der Waals surface area contributed by atoms with Crippen LogP contribution in [0, 0.1) is 0 Å². The Labute approximate surface area is 175 Å². The van der Waals surface area contributed by atoms with Crippen molar-refractivity contribution in [2.45, 2.75) is 17.9 Å². The van der Waals surface area contributed by atoms with Crippen LogP contribution in [0.5, 0.6) is 0 Å². The van der Waals surface area contributed by atoms with E-state index in [1.165, 1.54) is 15.6 Å². The smallest absolute Gasteiger partial charge is 0.257 e. The first-order chi connectivity index (χ1) is 13.4. The molecule has 0 saturated carbocycles. The molecule has 0 unspecified atom stereocenters. The zero-order chi connectivity index (χ0) is 19.7. The molecule has 1 N–H and O–H groups in total. The zero-order valence-electron chi connectivity index (χ0n) is 14.6. The Balaban J connectivity index is 1.51. The minimum atomic E-state index is -3.55. The molecular weight excluding hydrogens is 462 g/mol. The number of aromatic nitrogens is 1. The predicted octanol–water partition coefficient (Wildman–Crippen LogP) is 3.90. The Morgan fingerprint density at radius 1 is 1.11 bits per heavy atom. The van der Waals surface area contributed by atoms with Crippen molar-refractivity contribution in [2.24, 2.45) is 0 Å². The fourth-order valence-corrected chi connectivity index (χ4v) is 5.74. The standard InChI is InChI=1S/C19H16BrN3O3S2/c20-14-8-6-13(7-9-14)18(24)22-19-21-16-10-11-23(12-17(16)27-19)28(25,26)15-4-2-1-3-5-15/h1-9H,10-12H2,(H,21,22,24). The van der Waals surface area contributed by atoms with Gasteiger partial charge in [0.05, 0.1) is 17.1 Å².